The van der Waals surface area contributed by atoms with Crippen LogP contribution in [0.2, 0.25) is 0 Å². The van der Waals surface area contributed by atoms with Gasteiger partial charge in [0.05, 0.1) is 10.6 Å². The Hall–Kier alpha value is -2.53. The standard InChI is InChI=1S/C12H7FN2O6S2/c13-9-6-5-8(7-10(9)14(16)17)15-22(18,19)11-3-1-2-4-12(11)23(15,20)21/h1-7H. The number of benzene rings is 2. The number of sulfonamides is 2. The molecule has 0 saturated carbocycles. The maximum absolute atomic E-state index is 13.4. The Morgan fingerprint density at radius 3 is 1.96 bits per heavy atom. The van der Waals surface area contributed by atoms with Crippen molar-refractivity contribution in [3.8, 4) is 0 Å². The molecular weight excluding hydrogens is 351 g/mol. The second-order valence-electron chi connectivity index (χ2n) is 4.55. The second kappa shape index (κ2) is 4.73. The SMILES string of the molecule is O=[N+]([O-])c1cc(N2S(=O)(=O)c3ccccc3S2(=O)=O)ccc1F. The highest BCUT2D eigenvalue weighted by Crippen LogP contribution is 2.41. The molecule has 0 aromatic heterocycles. The topological polar surface area (TPSA) is 115 Å². The minimum absolute atomic E-state index is 0.0666. The fraction of sp³-hybridized carbons (Fsp3) is 0. The third-order valence-electron chi connectivity index (χ3n) is 3.18. The lowest BCUT2D eigenvalue weighted by molar-refractivity contribution is -0.387. The van der Waals surface area contributed by atoms with Crippen molar-refractivity contribution in [1.82, 2.24) is 0 Å². The van der Waals surface area contributed by atoms with E-state index in [-0.39, 0.29) is 3.71 Å². The summed E-state index contributed by atoms with van der Waals surface area (Å²) in [6, 6.07) is 6.98. The number of nitrogens with zero attached hydrogens (tertiary/aromatic N) is 2. The molecule has 11 heteroatoms. The van der Waals surface area contributed by atoms with E-state index in [1.165, 1.54) is 12.1 Å². The van der Waals surface area contributed by atoms with Crippen LogP contribution >= 0.6 is 0 Å². The highest BCUT2D eigenvalue weighted by atomic mass is 32.3. The minimum atomic E-state index is -4.46. The number of nitro groups is 1. The predicted octanol–water partition coefficient (Wildman–Crippen LogP) is 1.63. The van der Waals surface area contributed by atoms with Gasteiger partial charge in [0.15, 0.2) is 0 Å². The molecule has 2 aromatic rings. The minimum Gasteiger partial charge on any atom is -0.258 e. The Morgan fingerprint density at radius 2 is 1.48 bits per heavy atom. The summed E-state index contributed by atoms with van der Waals surface area (Å²) in [6.45, 7) is 0. The van der Waals surface area contributed by atoms with Crippen LogP contribution in [0.15, 0.2) is 52.3 Å². The first-order chi connectivity index (χ1) is 10.7. The molecule has 0 bridgehead atoms. The molecule has 3 rings (SSSR count). The van der Waals surface area contributed by atoms with Crippen LogP contribution in [0.4, 0.5) is 15.8 Å². The third-order valence-corrected chi connectivity index (χ3v) is 7.60. The molecular formula is C12H7FN2O6S2. The van der Waals surface area contributed by atoms with Crippen LogP contribution in [-0.2, 0) is 20.0 Å². The van der Waals surface area contributed by atoms with Crippen molar-refractivity contribution in [2.45, 2.75) is 9.79 Å². The van der Waals surface area contributed by atoms with Crippen molar-refractivity contribution >= 4 is 31.4 Å². The van der Waals surface area contributed by atoms with Crippen LogP contribution in [0.1, 0.15) is 0 Å². The second-order valence-corrected chi connectivity index (χ2v) is 8.29. The van der Waals surface area contributed by atoms with Crippen molar-refractivity contribution in [2.75, 3.05) is 3.71 Å². The smallest absolute Gasteiger partial charge is 0.258 e. The molecule has 1 aliphatic rings. The molecule has 0 N–H and O–H groups in total. The monoisotopic (exact) mass is 358 g/mol. The van der Waals surface area contributed by atoms with E-state index < -0.39 is 52.0 Å². The molecule has 23 heavy (non-hydrogen) atoms. The Kier molecular flexibility index (Phi) is 3.16. The zero-order chi connectivity index (χ0) is 17.0. The van der Waals surface area contributed by atoms with E-state index in [1.807, 2.05) is 0 Å². The van der Waals surface area contributed by atoms with Crippen LogP contribution in [0.3, 0.4) is 0 Å². The highest BCUT2D eigenvalue weighted by molar-refractivity contribution is 8.12. The summed E-state index contributed by atoms with van der Waals surface area (Å²) in [5, 5.41) is 10.8. The Labute approximate surface area is 130 Å². The van der Waals surface area contributed by atoms with Crippen LogP contribution in [0.25, 0.3) is 0 Å². The van der Waals surface area contributed by atoms with Crippen molar-refractivity contribution < 1.29 is 26.1 Å². The lowest BCUT2D eigenvalue weighted by Gasteiger charge is -2.15. The maximum Gasteiger partial charge on any atom is 0.306 e. The summed E-state index contributed by atoms with van der Waals surface area (Å²) in [7, 11) is -8.92. The molecule has 0 amide bonds. The van der Waals surface area contributed by atoms with E-state index >= 15 is 0 Å². The summed E-state index contributed by atoms with van der Waals surface area (Å²) in [6.07, 6.45) is 0. The van der Waals surface area contributed by atoms with Gasteiger partial charge in [0.1, 0.15) is 9.79 Å². The van der Waals surface area contributed by atoms with Gasteiger partial charge in [0.2, 0.25) is 5.82 Å². The molecule has 0 unspecified atom stereocenters. The van der Waals surface area contributed by atoms with Gasteiger partial charge in [-0.25, -0.2) is 0 Å². The van der Waals surface area contributed by atoms with Gasteiger partial charge < -0.3 is 0 Å². The van der Waals surface area contributed by atoms with E-state index in [9.17, 15) is 31.3 Å². The molecule has 0 radical (unpaired) electrons. The summed E-state index contributed by atoms with van der Waals surface area (Å²) in [5.41, 5.74) is -1.56. The van der Waals surface area contributed by atoms with E-state index in [1.54, 1.807) is 0 Å². The molecule has 0 fully saturated rings. The van der Waals surface area contributed by atoms with Gasteiger partial charge in [-0.2, -0.15) is 24.9 Å². The molecule has 1 heterocycles. The van der Waals surface area contributed by atoms with Gasteiger partial charge in [-0.15, -0.1) is 0 Å². The first-order valence-electron chi connectivity index (χ1n) is 6.01. The Bertz CT molecular complexity index is 996. The quantitative estimate of drug-likeness (QED) is 0.595. The van der Waals surface area contributed by atoms with Gasteiger partial charge in [-0.3, -0.25) is 10.1 Å². The van der Waals surface area contributed by atoms with E-state index in [4.69, 9.17) is 0 Å². The highest BCUT2D eigenvalue weighted by Gasteiger charge is 2.47. The molecule has 0 spiro atoms. The van der Waals surface area contributed by atoms with Gasteiger partial charge in [-0.1, -0.05) is 12.1 Å². The maximum atomic E-state index is 13.4. The fourth-order valence-corrected chi connectivity index (χ4v) is 6.65. The fourth-order valence-electron chi connectivity index (χ4n) is 2.22. The van der Waals surface area contributed by atoms with Crippen LogP contribution in [0.5, 0.6) is 0 Å². The number of halogens is 1. The van der Waals surface area contributed by atoms with E-state index in [0.717, 1.165) is 18.2 Å². The number of rotatable bonds is 2. The van der Waals surface area contributed by atoms with Crippen LogP contribution in [0, 0.1) is 15.9 Å². The molecule has 2 aromatic carbocycles. The molecule has 1 aliphatic heterocycles. The summed E-state index contributed by atoms with van der Waals surface area (Å²) >= 11 is 0. The lowest BCUT2D eigenvalue weighted by Crippen LogP contribution is -2.30. The molecule has 0 atom stereocenters. The normalized spacial score (nSPS) is 17.7. The number of anilines is 1. The van der Waals surface area contributed by atoms with Crippen LogP contribution in [-0.4, -0.2) is 21.8 Å². The first kappa shape index (κ1) is 15.4. The number of hydrogen-bond donors (Lipinski definition) is 0. The largest absolute Gasteiger partial charge is 0.306 e. The molecule has 0 saturated heterocycles. The van der Waals surface area contributed by atoms with Crippen molar-refractivity contribution in [1.29, 1.82) is 0 Å². The van der Waals surface area contributed by atoms with Gasteiger partial charge >= 0.3 is 5.69 Å². The average molecular weight is 358 g/mol. The van der Waals surface area contributed by atoms with Crippen molar-refractivity contribution in [3.63, 3.8) is 0 Å². The summed E-state index contributed by atoms with van der Waals surface area (Å²) < 4.78 is 63.3. The van der Waals surface area contributed by atoms with E-state index in [2.05, 4.69) is 0 Å². The van der Waals surface area contributed by atoms with Crippen molar-refractivity contribution in [3.05, 3.63) is 58.4 Å². The van der Waals surface area contributed by atoms with Crippen LogP contribution < -0.4 is 3.71 Å². The third kappa shape index (κ3) is 2.08. The molecule has 120 valence electrons. The molecule has 0 aliphatic carbocycles. The molecule has 8 nitrogen and oxygen atoms in total. The van der Waals surface area contributed by atoms with Gasteiger partial charge in [-0.05, 0) is 24.3 Å². The zero-order valence-electron chi connectivity index (χ0n) is 11.1. The number of fused-ring (bicyclic) bond motifs is 1. The Balaban J connectivity index is 2.31. The van der Waals surface area contributed by atoms with Gasteiger partial charge in [0.25, 0.3) is 20.0 Å². The number of nitro benzene ring substituents is 1. The average Bonchev–Trinajstić information content (AvgIpc) is 2.64. The number of hydrogen-bond acceptors (Lipinski definition) is 6. The Morgan fingerprint density at radius 1 is 0.957 bits per heavy atom. The van der Waals surface area contributed by atoms with Gasteiger partial charge in [0, 0.05) is 6.07 Å². The first-order valence-corrected chi connectivity index (χ1v) is 8.89. The summed E-state index contributed by atoms with van der Waals surface area (Å²) in [5.74, 6) is -1.20. The van der Waals surface area contributed by atoms with Crippen molar-refractivity contribution in [2.24, 2.45) is 0 Å². The predicted molar refractivity (Wildman–Crippen MR) is 76.3 cm³/mol. The lowest BCUT2D eigenvalue weighted by atomic mass is 10.3. The summed E-state index contributed by atoms with van der Waals surface area (Å²) in [4.78, 5) is 8.83. The van der Waals surface area contributed by atoms with E-state index in [0.29, 0.717) is 12.1 Å². The zero-order valence-corrected chi connectivity index (χ0v) is 12.7.